The van der Waals surface area contributed by atoms with E-state index < -0.39 is 0 Å². The van der Waals surface area contributed by atoms with Crippen molar-refractivity contribution < 1.29 is 18.3 Å². The second-order valence-electron chi connectivity index (χ2n) is 10.2. The maximum Gasteiger partial charge on any atom is 0.156 e. The predicted molar refractivity (Wildman–Crippen MR) is 162 cm³/mol. The molecule has 0 atom stereocenters. The number of halogens is 2. The summed E-state index contributed by atoms with van der Waals surface area (Å²) in [6.45, 7) is 4.10. The lowest BCUT2D eigenvalue weighted by atomic mass is 10.0. The van der Waals surface area contributed by atoms with Gasteiger partial charge in [0.05, 0.1) is 25.0 Å². The van der Waals surface area contributed by atoms with E-state index in [2.05, 4.69) is 29.6 Å². The van der Waals surface area contributed by atoms with Gasteiger partial charge in [-0.05, 0) is 91.5 Å². The first-order valence-electron chi connectivity index (χ1n) is 14.1. The monoisotopic (exact) mass is 554 g/mol. The molecule has 1 aromatic heterocycles. The Balaban J connectivity index is 1.46. The molecule has 4 aromatic carbocycles. The van der Waals surface area contributed by atoms with Gasteiger partial charge in [-0.25, -0.2) is 4.39 Å². The van der Waals surface area contributed by atoms with Crippen LogP contribution >= 0.6 is 0 Å². The van der Waals surface area contributed by atoms with Gasteiger partial charge in [-0.1, -0.05) is 54.6 Å². The van der Waals surface area contributed by atoms with Gasteiger partial charge in [-0.2, -0.15) is 0 Å². The summed E-state index contributed by atoms with van der Waals surface area (Å²) in [6, 6.07) is 29.7. The highest BCUT2D eigenvalue weighted by Gasteiger charge is 2.21. The van der Waals surface area contributed by atoms with E-state index in [4.69, 9.17) is 9.47 Å². The third kappa shape index (κ3) is 6.77. The summed E-state index contributed by atoms with van der Waals surface area (Å²) >= 11 is 0. The number of hydrogen-bond acceptors (Lipinski definition) is 3. The molecular formula is C35H36F2N2O2. The van der Waals surface area contributed by atoms with Crippen LogP contribution in [-0.2, 0) is 19.6 Å². The van der Waals surface area contributed by atoms with Crippen LogP contribution in [0.15, 0.2) is 91.0 Å². The van der Waals surface area contributed by atoms with Crippen molar-refractivity contribution in [2.24, 2.45) is 0 Å². The Morgan fingerprint density at radius 1 is 0.805 bits per heavy atom. The average Bonchev–Trinajstić information content (AvgIpc) is 3.27. The third-order valence-corrected chi connectivity index (χ3v) is 7.35. The highest BCUT2D eigenvalue weighted by Crippen LogP contribution is 2.37. The van der Waals surface area contributed by atoms with Crippen LogP contribution in [0.2, 0.25) is 0 Å². The lowest BCUT2D eigenvalue weighted by molar-refractivity contribution is 0.306. The Morgan fingerprint density at radius 2 is 1.56 bits per heavy atom. The average molecular weight is 555 g/mol. The molecule has 0 aliphatic heterocycles. The summed E-state index contributed by atoms with van der Waals surface area (Å²) in [5, 5.41) is 3.79. The Hall–Kier alpha value is -4.16. The number of fused-ring (bicyclic) bond motifs is 1. The summed E-state index contributed by atoms with van der Waals surface area (Å²) in [5.74, 6) is 1.09. The van der Waals surface area contributed by atoms with Crippen LogP contribution in [-0.4, -0.2) is 31.4 Å². The fraction of sp³-hybridized carbons (Fsp3) is 0.257. The van der Waals surface area contributed by atoms with E-state index in [0.29, 0.717) is 42.9 Å². The molecule has 0 unspecified atom stereocenters. The zero-order valence-corrected chi connectivity index (χ0v) is 23.6. The molecule has 212 valence electrons. The molecule has 1 heterocycles. The number of aryl methyl sites for hydroxylation is 1. The first-order valence-corrected chi connectivity index (χ1v) is 14.1. The lowest BCUT2D eigenvalue weighted by Crippen LogP contribution is -2.18. The quantitative estimate of drug-likeness (QED) is 0.150. The van der Waals surface area contributed by atoms with Gasteiger partial charge in [0, 0.05) is 17.5 Å². The van der Waals surface area contributed by atoms with Gasteiger partial charge < -0.3 is 19.4 Å². The van der Waals surface area contributed by atoms with E-state index in [1.807, 2.05) is 72.2 Å². The topological polar surface area (TPSA) is 35.4 Å². The normalized spacial score (nSPS) is 11.2. The molecule has 0 aliphatic rings. The SMILES string of the molecule is COc1ccc(-c2c(F)c3cc(OCc4ccccc4)ccc3n2Cc2ccc(CCNCCCF)cc2)c(C)c1. The lowest BCUT2D eigenvalue weighted by Gasteiger charge is -2.14. The van der Waals surface area contributed by atoms with Gasteiger partial charge in [-0.15, -0.1) is 0 Å². The number of aromatic nitrogens is 1. The molecule has 0 fully saturated rings. The van der Waals surface area contributed by atoms with Crippen molar-refractivity contribution in [3.63, 3.8) is 0 Å². The van der Waals surface area contributed by atoms with Crippen molar-refractivity contribution in [2.75, 3.05) is 26.9 Å². The molecule has 0 amide bonds. The second-order valence-corrected chi connectivity index (χ2v) is 10.2. The van der Waals surface area contributed by atoms with Crippen LogP contribution in [0.4, 0.5) is 8.78 Å². The second kappa shape index (κ2) is 13.5. The van der Waals surface area contributed by atoms with Gasteiger partial charge in [0.15, 0.2) is 5.82 Å². The summed E-state index contributed by atoms with van der Waals surface area (Å²) in [6.07, 6.45) is 1.41. The Morgan fingerprint density at radius 3 is 2.29 bits per heavy atom. The van der Waals surface area contributed by atoms with E-state index in [1.165, 1.54) is 5.56 Å². The molecule has 4 nitrogen and oxygen atoms in total. The van der Waals surface area contributed by atoms with E-state index in [1.54, 1.807) is 13.2 Å². The molecular weight excluding hydrogens is 518 g/mol. The number of rotatable bonds is 13. The van der Waals surface area contributed by atoms with Gasteiger partial charge in [0.1, 0.15) is 18.1 Å². The van der Waals surface area contributed by atoms with E-state index in [-0.39, 0.29) is 12.5 Å². The van der Waals surface area contributed by atoms with Crippen molar-refractivity contribution in [3.05, 3.63) is 119 Å². The molecule has 41 heavy (non-hydrogen) atoms. The highest BCUT2D eigenvalue weighted by molar-refractivity contribution is 5.90. The van der Waals surface area contributed by atoms with Crippen LogP contribution in [0.25, 0.3) is 22.2 Å². The van der Waals surface area contributed by atoms with Crippen molar-refractivity contribution in [1.82, 2.24) is 9.88 Å². The van der Waals surface area contributed by atoms with Crippen LogP contribution in [0.1, 0.15) is 28.7 Å². The van der Waals surface area contributed by atoms with Crippen molar-refractivity contribution in [2.45, 2.75) is 32.9 Å². The Labute approximate surface area is 240 Å². The zero-order chi connectivity index (χ0) is 28.6. The van der Waals surface area contributed by atoms with Gasteiger partial charge in [0.25, 0.3) is 0 Å². The predicted octanol–water partition coefficient (Wildman–Crippen LogP) is 7.88. The van der Waals surface area contributed by atoms with E-state index >= 15 is 4.39 Å². The zero-order valence-electron chi connectivity index (χ0n) is 23.6. The molecule has 0 bridgehead atoms. The van der Waals surface area contributed by atoms with Gasteiger partial charge in [-0.3, -0.25) is 4.39 Å². The highest BCUT2D eigenvalue weighted by atomic mass is 19.1. The van der Waals surface area contributed by atoms with Crippen molar-refractivity contribution >= 4 is 10.9 Å². The molecule has 0 saturated heterocycles. The van der Waals surface area contributed by atoms with Crippen LogP contribution in [0, 0.1) is 12.7 Å². The molecule has 0 saturated carbocycles. The smallest absolute Gasteiger partial charge is 0.156 e. The summed E-state index contributed by atoms with van der Waals surface area (Å²) in [5.41, 5.74) is 6.44. The van der Waals surface area contributed by atoms with Gasteiger partial charge >= 0.3 is 0 Å². The number of methoxy groups -OCH3 is 1. The third-order valence-electron chi connectivity index (χ3n) is 7.35. The maximum absolute atomic E-state index is 16.3. The summed E-state index contributed by atoms with van der Waals surface area (Å²) in [4.78, 5) is 0. The number of ether oxygens (including phenoxy) is 2. The first-order chi connectivity index (χ1) is 20.1. The number of hydrogen-bond donors (Lipinski definition) is 1. The molecule has 6 heteroatoms. The largest absolute Gasteiger partial charge is 0.497 e. The Kier molecular flexibility index (Phi) is 9.32. The minimum absolute atomic E-state index is 0.269. The standard InChI is InChI=1S/C35H36F2N2O2/c1-25-21-29(40-2)13-15-31(25)35-34(37)32-22-30(41-24-28-7-4-3-5-8-28)14-16-33(32)39(35)23-27-11-9-26(10-12-27)17-20-38-19-6-18-36/h3-5,7-16,21-22,38H,6,17-20,23-24H2,1-2H3. The Bertz CT molecular complexity index is 1580. The maximum atomic E-state index is 16.3. The van der Waals surface area contributed by atoms with Crippen LogP contribution < -0.4 is 14.8 Å². The molecule has 0 aliphatic carbocycles. The number of benzene rings is 4. The number of alkyl halides is 1. The minimum atomic E-state index is -0.295. The summed E-state index contributed by atoms with van der Waals surface area (Å²) < 4.78 is 42.1. The minimum Gasteiger partial charge on any atom is -0.497 e. The van der Waals surface area contributed by atoms with Crippen molar-refractivity contribution in [3.8, 4) is 22.8 Å². The molecule has 1 N–H and O–H groups in total. The van der Waals surface area contributed by atoms with Crippen molar-refractivity contribution in [1.29, 1.82) is 0 Å². The molecule has 0 spiro atoms. The first kappa shape index (κ1) is 28.4. The van der Waals surface area contributed by atoms with E-state index in [9.17, 15) is 4.39 Å². The molecule has 5 aromatic rings. The fourth-order valence-electron chi connectivity index (χ4n) is 5.12. The van der Waals surface area contributed by atoms with Crippen LogP contribution in [0.5, 0.6) is 11.5 Å². The number of nitrogens with one attached hydrogen (secondary N) is 1. The molecule has 5 rings (SSSR count). The molecule has 0 radical (unpaired) electrons. The fourth-order valence-corrected chi connectivity index (χ4v) is 5.12. The van der Waals surface area contributed by atoms with Gasteiger partial charge in [0.2, 0.25) is 0 Å². The van der Waals surface area contributed by atoms with E-state index in [0.717, 1.165) is 46.5 Å². The summed E-state index contributed by atoms with van der Waals surface area (Å²) in [7, 11) is 1.63. The number of nitrogens with zero attached hydrogens (tertiary/aromatic N) is 1. The van der Waals surface area contributed by atoms with Crippen LogP contribution in [0.3, 0.4) is 0 Å².